The van der Waals surface area contributed by atoms with Gasteiger partial charge in [0.25, 0.3) is 0 Å². The number of nitrogens with zero attached hydrogens (tertiary/aromatic N) is 2. The first-order valence-corrected chi connectivity index (χ1v) is 9.48. The van der Waals surface area contributed by atoms with Gasteiger partial charge in [-0.25, -0.2) is 4.98 Å². The number of benzene rings is 1. The number of rotatable bonds is 5. The van der Waals surface area contributed by atoms with Gasteiger partial charge in [-0.1, -0.05) is 62.2 Å². The Labute approximate surface area is 139 Å². The van der Waals surface area contributed by atoms with Crippen LogP contribution in [-0.4, -0.2) is 20.0 Å². The van der Waals surface area contributed by atoms with Crippen molar-refractivity contribution in [2.45, 2.75) is 11.8 Å². The molecule has 0 saturated carbocycles. The van der Waals surface area contributed by atoms with Gasteiger partial charge < -0.3 is 0 Å². The molecule has 0 unspecified atom stereocenters. The van der Waals surface area contributed by atoms with Gasteiger partial charge in [0.15, 0.2) is 4.96 Å². The average molecular weight is 414 g/mol. The molecule has 0 radical (unpaired) electrons. The van der Waals surface area contributed by atoms with Crippen molar-refractivity contribution in [1.82, 2.24) is 9.38 Å². The lowest BCUT2D eigenvalue weighted by Crippen LogP contribution is -2.33. The smallest absolute Gasteiger partial charge is 0.193 e. The van der Waals surface area contributed by atoms with E-state index in [2.05, 4.69) is 84.4 Å². The van der Waals surface area contributed by atoms with Crippen LogP contribution in [0.3, 0.4) is 0 Å². The van der Waals surface area contributed by atoms with Crippen molar-refractivity contribution in [3.63, 3.8) is 0 Å². The number of thiazole rings is 1. The van der Waals surface area contributed by atoms with Crippen LogP contribution in [-0.2, 0) is 11.8 Å². The molecule has 2 heterocycles. The van der Waals surface area contributed by atoms with E-state index in [9.17, 15) is 0 Å². The molecule has 2 nitrogen and oxygen atoms in total. The lowest BCUT2D eigenvalue weighted by molar-refractivity contribution is 0.545. The summed E-state index contributed by atoms with van der Waals surface area (Å²) in [5, 5.41) is 3.87. The van der Waals surface area contributed by atoms with Gasteiger partial charge in [-0.05, 0) is 5.56 Å². The monoisotopic (exact) mass is 412 g/mol. The van der Waals surface area contributed by atoms with Crippen molar-refractivity contribution in [1.29, 1.82) is 0 Å². The van der Waals surface area contributed by atoms with Crippen LogP contribution < -0.4 is 0 Å². The highest BCUT2D eigenvalue weighted by atomic mass is 79.9. The van der Waals surface area contributed by atoms with Crippen LogP contribution in [0.1, 0.15) is 11.3 Å². The van der Waals surface area contributed by atoms with Crippen molar-refractivity contribution in [3.8, 4) is 0 Å². The van der Waals surface area contributed by atoms with E-state index in [0.717, 1.165) is 27.7 Å². The number of fused-ring (bicyclic) bond motifs is 1. The SMILES string of the molecule is BrCC(CBr)(Cc1cn2ccsc2n1)c1ccccc1. The Kier molecular flexibility index (Phi) is 4.29. The van der Waals surface area contributed by atoms with Crippen LogP contribution in [0.15, 0.2) is 48.1 Å². The van der Waals surface area contributed by atoms with E-state index in [1.165, 1.54) is 5.56 Å². The number of hydrogen-bond donors (Lipinski definition) is 0. The van der Waals surface area contributed by atoms with Crippen molar-refractivity contribution in [3.05, 3.63) is 59.4 Å². The second-order valence-electron chi connectivity index (χ2n) is 4.92. The fourth-order valence-corrected chi connectivity index (χ4v) is 5.08. The summed E-state index contributed by atoms with van der Waals surface area (Å²) in [4.78, 5) is 5.78. The van der Waals surface area contributed by atoms with E-state index in [1.807, 2.05) is 0 Å². The fourth-order valence-electron chi connectivity index (χ4n) is 2.39. The molecule has 2 aromatic heterocycles. The molecule has 0 aliphatic carbocycles. The average Bonchev–Trinajstić information content (AvgIpc) is 3.07. The van der Waals surface area contributed by atoms with Gasteiger partial charge in [0.1, 0.15) is 0 Å². The minimum Gasteiger partial charge on any atom is -0.297 e. The summed E-state index contributed by atoms with van der Waals surface area (Å²) >= 11 is 9.07. The predicted molar refractivity (Wildman–Crippen MR) is 92.5 cm³/mol. The molecule has 0 atom stereocenters. The van der Waals surface area contributed by atoms with E-state index in [4.69, 9.17) is 4.98 Å². The number of imidazole rings is 1. The summed E-state index contributed by atoms with van der Waals surface area (Å²) in [5.74, 6) is 0. The van der Waals surface area contributed by atoms with Gasteiger partial charge in [-0.2, -0.15) is 0 Å². The first-order valence-electron chi connectivity index (χ1n) is 6.36. The van der Waals surface area contributed by atoms with Gasteiger partial charge in [0, 0.05) is 40.3 Å². The third kappa shape index (κ3) is 2.59. The van der Waals surface area contributed by atoms with Crippen LogP contribution in [0.4, 0.5) is 0 Å². The topological polar surface area (TPSA) is 17.3 Å². The quantitative estimate of drug-likeness (QED) is 0.555. The zero-order valence-corrected chi connectivity index (χ0v) is 14.8. The maximum atomic E-state index is 4.72. The first kappa shape index (κ1) is 14.3. The Bertz CT molecular complexity index is 658. The highest BCUT2D eigenvalue weighted by molar-refractivity contribution is 9.09. The molecule has 0 amide bonds. The highest BCUT2D eigenvalue weighted by Crippen LogP contribution is 2.32. The van der Waals surface area contributed by atoms with Gasteiger partial charge in [0.2, 0.25) is 0 Å². The van der Waals surface area contributed by atoms with E-state index in [0.29, 0.717) is 0 Å². The van der Waals surface area contributed by atoms with Crippen LogP contribution in [0.25, 0.3) is 4.96 Å². The summed E-state index contributed by atoms with van der Waals surface area (Å²) in [7, 11) is 0. The zero-order valence-electron chi connectivity index (χ0n) is 10.8. The number of aromatic nitrogens is 2. The fraction of sp³-hybridized carbons (Fsp3) is 0.267. The van der Waals surface area contributed by atoms with E-state index >= 15 is 0 Å². The number of halogens is 2. The van der Waals surface area contributed by atoms with Crippen molar-refractivity contribution >= 4 is 48.2 Å². The molecule has 104 valence electrons. The molecule has 1 aromatic carbocycles. The van der Waals surface area contributed by atoms with Gasteiger partial charge >= 0.3 is 0 Å². The second-order valence-corrected chi connectivity index (χ2v) is 6.91. The summed E-state index contributed by atoms with van der Waals surface area (Å²) < 4.78 is 2.10. The molecule has 0 bridgehead atoms. The largest absolute Gasteiger partial charge is 0.297 e. The van der Waals surface area contributed by atoms with Crippen molar-refractivity contribution in [2.75, 3.05) is 10.7 Å². The van der Waals surface area contributed by atoms with Gasteiger partial charge in [0.05, 0.1) is 5.69 Å². The Morgan fingerprint density at radius 3 is 2.55 bits per heavy atom. The Morgan fingerprint density at radius 1 is 1.15 bits per heavy atom. The highest BCUT2D eigenvalue weighted by Gasteiger charge is 2.31. The van der Waals surface area contributed by atoms with Crippen LogP contribution >= 0.6 is 43.2 Å². The third-order valence-electron chi connectivity index (χ3n) is 3.56. The van der Waals surface area contributed by atoms with Crippen LogP contribution in [0.2, 0.25) is 0 Å². The first-order chi connectivity index (χ1) is 9.77. The molecule has 0 fully saturated rings. The molecule has 0 aliphatic heterocycles. The predicted octanol–water partition coefficient (Wildman–Crippen LogP) is 4.67. The third-order valence-corrected chi connectivity index (χ3v) is 6.48. The Morgan fingerprint density at radius 2 is 1.90 bits per heavy atom. The second kappa shape index (κ2) is 6.00. The standard InChI is InChI=1S/C15H14Br2N2S/c16-10-15(11-17,12-4-2-1-3-5-12)8-13-9-19-6-7-20-14(19)18-13/h1-7,9H,8,10-11H2. The summed E-state index contributed by atoms with van der Waals surface area (Å²) in [5.41, 5.74) is 2.51. The van der Waals surface area contributed by atoms with Crippen molar-refractivity contribution < 1.29 is 0 Å². The zero-order chi connectivity index (χ0) is 14.0. The lowest BCUT2D eigenvalue weighted by Gasteiger charge is -2.30. The van der Waals surface area contributed by atoms with E-state index in [1.54, 1.807) is 11.3 Å². The molecular formula is C15H14Br2N2S. The van der Waals surface area contributed by atoms with Crippen LogP contribution in [0.5, 0.6) is 0 Å². The normalized spacial score (nSPS) is 12.1. The lowest BCUT2D eigenvalue weighted by atomic mass is 9.80. The minimum absolute atomic E-state index is 0.0330. The van der Waals surface area contributed by atoms with E-state index < -0.39 is 0 Å². The maximum absolute atomic E-state index is 4.72. The summed E-state index contributed by atoms with van der Waals surface area (Å²) in [6.45, 7) is 0. The molecule has 0 aliphatic rings. The molecular weight excluding hydrogens is 400 g/mol. The maximum Gasteiger partial charge on any atom is 0.193 e. The summed E-state index contributed by atoms with van der Waals surface area (Å²) in [6.07, 6.45) is 5.11. The molecule has 0 spiro atoms. The molecule has 0 N–H and O–H groups in total. The van der Waals surface area contributed by atoms with Crippen LogP contribution in [0, 0.1) is 0 Å². The van der Waals surface area contributed by atoms with Crippen molar-refractivity contribution in [2.24, 2.45) is 0 Å². The molecule has 5 heteroatoms. The van der Waals surface area contributed by atoms with Gasteiger partial charge in [-0.3, -0.25) is 4.40 Å². The number of hydrogen-bond acceptors (Lipinski definition) is 2. The van der Waals surface area contributed by atoms with E-state index in [-0.39, 0.29) is 5.41 Å². The molecule has 3 aromatic rings. The molecule has 20 heavy (non-hydrogen) atoms. The Balaban J connectivity index is 1.96. The molecule has 3 rings (SSSR count). The molecule has 0 saturated heterocycles. The number of alkyl halides is 2. The minimum atomic E-state index is 0.0330. The van der Waals surface area contributed by atoms with Gasteiger partial charge in [-0.15, -0.1) is 11.3 Å². The Hall–Kier alpha value is -0.650. The summed E-state index contributed by atoms with van der Waals surface area (Å²) in [6, 6.07) is 10.6.